The maximum atomic E-state index is 4.41. The highest BCUT2D eigenvalue weighted by atomic mass is 14.9. The van der Waals surface area contributed by atoms with Crippen molar-refractivity contribution in [3.05, 3.63) is 24.0 Å². The molecule has 3 nitrogen and oxygen atoms in total. The smallest absolute Gasteiger partial charge is 0.104 e. The second-order valence-electron chi connectivity index (χ2n) is 5.31. The van der Waals surface area contributed by atoms with Gasteiger partial charge in [0.15, 0.2) is 0 Å². The number of H-pyrrole nitrogens is 1. The van der Waals surface area contributed by atoms with Gasteiger partial charge in [0.2, 0.25) is 0 Å². The Bertz CT molecular complexity index is 529. The summed E-state index contributed by atoms with van der Waals surface area (Å²) in [6.45, 7) is 4.33. The molecule has 0 aliphatic heterocycles. The Balaban J connectivity index is 1.80. The van der Waals surface area contributed by atoms with Crippen molar-refractivity contribution < 1.29 is 0 Å². The third kappa shape index (κ3) is 2.14. The molecule has 90 valence electrons. The van der Waals surface area contributed by atoms with Gasteiger partial charge in [-0.1, -0.05) is 6.92 Å². The third-order valence-electron chi connectivity index (χ3n) is 3.67. The molecule has 0 saturated heterocycles. The van der Waals surface area contributed by atoms with Crippen LogP contribution in [0.25, 0.3) is 11.0 Å². The highest BCUT2D eigenvalue weighted by Gasteiger charge is 2.20. The maximum Gasteiger partial charge on any atom is 0.104 e. The van der Waals surface area contributed by atoms with Crippen LogP contribution in [0.2, 0.25) is 0 Å². The molecule has 1 fully saturated rings. The predicted octanol–water partition coefficient (Wildman–Crippen LogP) is 3.47. The molecule has 17 heavy (non-hydrogen) atoms. The molecular weight excluding hydrogens is 210 g/mol. The molecule has 2 unspecified atom stereocenters. The molecule has 1 saturated carbocycles. The van der Waals surface area contributed by atoms with Gasteiger partial charge >= 0.3 is 0 Å². The third-order valence-corrected chi connectivity index (χ3v) is 3.67. The summed E-state index contributed by atoms with van der Waals surface area (Å²) < 4.78 is 0. The molecule has 0 bridgehead atoms. The lowest BCUT2D eigenvalue weighted by Crippen LogP contribution is -2.14. The van der Waals surface area contributed by atoms with Crippen LogP contribution in [0.15, 0.2) is 18.2 Å². The van der Waals surface area contributed by atoms with E-state index in [1.807, 2.05) is 6.92 Å². The first-order valence-electron chi connectivity index (χ1n) is 6.43. The van der Waals surface area contributed by atoms with Crippen molar-refractivity contribution in [3.8, 4) is 0 Å². The number of rotatable bonds is 2. The minimum atomic E-state index is 0.645. The van der Waals surface area contributed by atoms with E-state index in [0.717, 1.165) is 22.8 Å². The average Bonchev–Trinajstić information content (AvgIpc) is 2.83. The van der Waals surface area contributed by atoms with E-state index in [2.05, 4.69) is 40.4 Å². The quantitative estimate of drug-likeness (QED) is 0.827. The summed E-state index contributed by atoms with van der Waals surface area (Å²) in [5.41, 5.74) is 3.38. The summed E-state index contributed by atoms with van der Waals surface area (Å²) in [5, 5.41) is 3.62. The van der Waals surface area contributed by atoms with Crippen molar-refractivity contribution in [2.75, 3.05) is 5.32 Å². The van der Waals surface area contributed by atoms with E-state index in [1.54, 1.807) is 0 Å². The van der Waals surface area contributed by atoms with Crippen molar-refractivity contribution >= 4 is 16.7 Å². The topological polar surface area (TPSA) is 40.7 Å². The molecule has 0 amide bonds. The Morgan fingerprint density at radius 3 is 3.00 bits per heavy atom. The van der Waals surface area contributed by atoms with Gasteiger partial charge < -0.3 is 10.3 Å². The fraction of sp³-hybridized carbons (Fsp3) is 0.500. The number of hydrogen-bond acceptors (Lipinski definition) is 2. The van der Waals surface area contributed by atoms with Crippen molar-refractivity contribution in [2.24, 2.45) is 5.92 Å². The van der Waals surface area contributed by atoms with Crippen LogP contribution < -0.4 is 5.32 Å². The number of imidazole rings is 1. The summed E-state index contributed by atoms with van der Waals surface area (Å²) in [6.07, 6.45) is 3.93. The van der Waals surface area contributed by atoms with Gasteiger partial charge in [-0.05, 0) is 50.3 Å². The van der Waals surface area contributed by atoms with Crippen LogP contribution in [-0.4, -0.2) is 16.0 Å². The highest BCUT2D eigenvalue weighted by Crippen LogP contribution is 2.28. The first-order valence-corrected chi connectivity index (χ1v) is 6.43. The molecule has 1 aliphatic rings. The average molecular weight is 229 g/mol. The summed E-state index contributed by atoms with van der Waals surface area (Å²) in [4.78, 5) is 7.70. The first-order chi connectivity index (χ1) is 8.20. The van der Waals surface area contributed by atoms with Crippen molar-refractivity contribution in [1.82, 2.24) is 9.97 Å². The van der Waals surface area contributed by atoms with Crippen LogP contribution in [0, 0.1) is 12.8 Å². The molecule has 2 atom stereocenters. The van der Waals surface area contributed by atoms with Gasteiger partial charge in [-0.15, -0.1) is 0 Å². The highest BCUT2D eigenvalue weighted by molar-refractivity contribution is 5.79. The van der Waals surface area contributed by atoms with E-state index in [1.165, 1.54) is 24.9 Å². The van der Waals surface area contributed by atoms with Gasteiger partial charge in [-0.25, -0.2) is 4.98 Å². The van der Waals surface area contributed by atoms with Crippen molar-refractivity contribution in [3.63, 3.8) is 0 Å². The minimum Gasteiger partial charge on any atom is -0.382 e. The molecule has 1 aromatic carbocycles. The van der Waals surface area contributed by atoms with Gasteiger partial charge in [0.1, 0.15) is 5.82 Å². The van der Waals surface area contributed by atoms with Gasteiger partial charge in [0.05, 0.1) is 11.0 Å². The Morgan fingerprint density at radius 2 is 2.24 bits per heavy atom. The molecule has 0 radical (unpaired) electrons. The molecule has 3 heteroatoms. The van der Waals surface area contributed by atoms with Crippen LogP contribution in [0.3, 0.4) is 0 Å². The number of hydrogen-bond donors (Lipinski definition) is 2. The summed E-state index contributed by atoms with van der Waals surface area (Å²) in [5.74, 6) is 1.84. The Hall–Kier alpha value is -1.51. The summed E-state index contributed by atoms with van der Waals surface area (Å²) >= 11 is 0. The zero-order valence-corrected chi connectivity index (χ0v) is 10.5. The number of aromatic nitrogens is 2. The van der Waals surface area contributed by atoms with Gasteiger partial charge in [0.25, 0.3) is 0 Å². The van der Waals surface area contributed by atoms with Gasteiger partial charge in [-0.2, -0.15) is 0 Å². The summed E-state index contributed by atoms with van der Waals surface area (Å²) in [6, 6.07) is 7.02. The Labute approximate surface area is 102 Å². The second kappa shape index (κ2) is 4.06. The fourth-order valence-electron chi connectivity index (χ4n) is 2.80. The number of benzene rings is 1. The SMILES string of the molecule is Cc1nc2ccc(NC3CCC(C)C3)cc2[nH]1. The van der Waals surface area contributed by atoms with E-state index in [0.29, 0.717) is 6.04 Å². The van der Waals surface area contributed by atoms with E-state index in [9.17, 15) is 0 Å². The van der Waals surface area contributed by atoms with Gasteiger partial charge in [-0.3, -0.25) is 0 Å². The number of aryl methyl sites for hydroxylation is 1. The first kappa shape index (κ1) is 10.6. The lowest BCUT2D eigenvalue weighted by atomic mass is 10.1. The fourth-order valence-corrected chi connectivity index (χ4v) is 2.80. The van der Waals surface area contributed by atoms with E-state index in [-0.39, 0.29) is 0 Å². The van der Waals surface area contributed by atoms with E-state index in [4.69, 9.17) is 0 Å². The number of anilines is 1. The standard InChI is InChI=1S/C14H19N3/c1-9-3-4-11(7-9)17-12-5-6-13-14(8-12)16-10(2)15-13/h5-6,8-9,11,17H,3-4,7H2,1-2H3,(H,15,16). The molecule has 1 aliphatic carbocycles. The van der Waals surface area contributed by atoms with Crippen LogP contribution in [0.5, 0.6) is 0 Å². The van der Waals surface area contributed by atoms with E-state index < -0.39 is 0 Å². The number of nitrogens with one attached hydrogen (secondary N) is 2. The van der Waals surface area contributed by atoms with Crippen LogP contribution in [0.4, 0.5) is 5.69 Å². The zero-order chi connectivity index (χ0) is 11.8. The molecule has 1 aromatic heterocycles. The maximum absolute atomic E-state index is 4.41. The van der Waals surface area contributed by atoms with Crippen molar-refractivity contribution in [1.29, 1.82) is 0 Å². The molecule has 2 aromatic rings. The Morgan fingerprint density at radius 1 is 1.35 bits per heavy atom. The number of fused-ring (bicyclic) bond motifs is 1. The minimum absolute atomic E-state index is 0.645. The second-order valence-corrected chi connectivity index (χ2v) is 5.31. The van der Waals surface area contributed by atoms with Crippen LogP contribution >= 0.6 is 0 Å². The van der Waals surface area contributed by atoms with Crippen LogP contribution in [0.1, 0.15) is 32.0 Å². The zero-order valence-electron chi connectivity index (χ0n) is 10.5. The molecule has 0 spiro atoms. The molecule has 1 heterocycles. The molecular formula is C14H19N3. The monoisotopic (exact) mass is 229 g/mol. The van der Waals surface area contributed by atoms with Crippen LogP contribution in [-0.2, 0) is 0 Å². The predicted molar refractivity (Wildman–Crippen MR) is 71.3 cm³/mol. The lowest BCUT2D eigenvalue weighted by Gasteiger charge is -2.13. The largest absolute Gasteiger partial charge is 0.382 e. The normalized spacial score (nSPS) is 24.4. The van der Waals surface area contributed by atoms with Gasteiger partial charge in [0, 0.05) is 11.7 Å². The Kier molecular flexibility index (Phi) is 2.54. The number of aromatic amines is 1. The molecule has 3 rings (SSSR count). The van der Waals surface area contributed by atoms with Crippen molar-refractivity contribution in [2.45, 2.75) is 39.2 Å². The molecule has 2 N–H and O–H groups in total. The van der Waals surface area contributed by atoms with E-state index >= 15 is 0 Å². The number of nitrogens with zero attached hydrogens (tertiary/aromatic N) is 1. The summed E-state index contributed by atoms with van der Waals surface area (Å²) in [7, 11) is 0. The lowest BCUT2D eigenvalue weighted by molar-refractivity contribution is 0.602.